The Morgan fingerprint density at radius 1 is 1.14 bits per heavy atom. The Morgan fingerprint density at radius 2 is 1.82 bits per heavy atom. The second kappa shape index (κ2) is 10.7. The SMILES string of the molecule is C[C@@H]1CN(C(=O)OCc2ccccc2)CCN1C(=O)C(N)C1CCCCC1.Cl. The summed E-state index contributed by atoms with van der Waals surface area (Å²) in [6.07, 6.45) is 5.36. The molecule has 2 amide bonds. The van der Waals surface area contributed by atoms with E-state index in [9.17, 15) is 9.59 Å². The number of benzene rings is 1. The molecule has 6 nitrogen and oxygen atoms in total. The van der Waals surface area contributed by atoms with E-state index in [0.29, 0.717) is 25.6 Å². The van der Waals surface area contributed by atoms with E-state index in [4.69, 9.17) is 10.5 Å². The standard InChI is InChI=1S/C21H31N3O3.ClH/c1-16-14-23(21(26)27-15-17-8-4-2-5-9-17)12-13-24(16)20(25)19(22)18-10-6-3-7-11-18;/h2,4-5,8-9,16,18-19H,3,6-7,10-15,22H2,1H3;1H/t16-,19?;/m1./s1. The number of rotatable bonds is 4. The van der Waals surface area contributed by atoms with Crippen LogP contribution in [0.1, 0.15) is 44.6 Å². The Labute approximate surface area is 173 Å². The predicted molar refractivity (Wildman–Crippen MR) is 111 cm³/mol. The molecule has 2 atom stereocenters. The number of carbonyl (C=O) groups is 2. The first-order valence-electron chi connectivity index (χ1n) is 10.1. The van der Waals surface area contributed by atoms with Gasteiger partial charge < -0.3 is 20.3 Å². The Kier molecular flexibility index (Phi) is 8.58. The lowest BCUT2D eigenvalue weighted by Gasteiger charge is -2.41. The quantitative estimate of drug-likeness (QED) is 0.828. The zero-order valence-electron chi connectivity index (χ0n) is 16.6. The second-order valence-electron chi connectivity index (χ2n) is 7.79. The molecule has 156 valence electrons. The molecule has 1 saturated carbocycles. The Morgan fingerprint density at radius 3 is 2.46 bits per heavy atom. The van der Waals surface area contributed by atoms with Crippen LogP contribution >= 0.6 is 12.4 Å². The van der Waals surface area contributed by atoms with Gasteiger partial charge in [-0.05, 0) is 31.2 Å². The summed E-state index contributed by atoms with van der Waals surface area (Å²) >= 11 is 0. The Bertz CT molecular complexity index is 637. The fourth-order valence-corrected chi connectivity index (χ4v) is 4.15. The van der Waals surface area contributed by atoms with Crippen LogP contribution in [-0.4, -0.2) is 53.5 Å². The largest absolute Gasteiger partial charge is 0.445 e. The first-order chi connectivity index (χ1) is 13.1. The van der Waals surface area contributed by atoms with Gasteiger partial charge in [0.25, 0.3) is 0 Å². The number of nitrogens with zero attached hydrogens (tertiary/aromatic N) is 2. The van der Waals surface area contributed by atoms with E-state index < -0.39 is 6.04 Å². The summed E-state index contributed by atoms with van der Waals surface area (Å²) in [6.45, 7) is 3.72. The summed E-state index contributed by atoms with van der Waals surface area (Å²) in [7, 11) is 0. The second-order valence-corrected chi connectivity index (χ2v) is 7.79. The van der Waals surface area contributed by atoms with Gasteiger partial charge in [-0.25, -0.2) is 4.79 Å². The van der Waals surface area contributed by atoms with Crippen molar-refractivity contribution < 1.29 is 14.3 Å². The van der Waals surface area contributed by atoms with Crippen LogP contribution in [0, 0.1) is 5.92 Å². The summed E-state index contributed by atoms with van der Waals surface area (Å²) in [5, 5.41) is 0. The van der Waals surface area contributed by atoms with E-state index in [1.54, 1.807) is 4.90 Å². The van der Waals surface area contributed by atoms with Gasteiger partial charge in [0, 0.05) is 25.7 Å². The molecule has 1 aliphatic heterocycles. The zero-order chi connectivity index (χ0) is 19.2. The maximum atomic E-state index is 12.9. The minimum Gasteiger partial charge on any atom is -0.445 e. The molecule has 1 aromatic carbocycles. The van der Waals surface area contributed by atoms with Gasteiger partial charge in [0.15, 0.2) is 0 Å². The van der Waals surface area contributed by atoms with E-state index in [-0.39, 0.29) is 37.1 Å². The molecule has 1 heterocycles. The number of carbonyl (C=O) groups excluding carboxylic acids is 2. The lowest BCUT2D eigenvalue weighted by Crippen LogP contribution is -2.59. The van der Waals surface area contributed by atoms with Crippen molar-refractivity contribution in [2.24, 2.45) is 11.7 Å². The van der Waals surface area contributed by atoms with Crippen molar-refractivity contribution in [2.45, 2.75) is 57.7 Å². The molecule has 28 heavy (non-hydrogen) atoms. The minimum atomic E-state index is -0.413. The van der Waals surface area contributed by atoms with E-state index in [2.05, 4.69) is 0 Å². The smallest absolute Gasteiger partial charge is 0.410 e. The average Bonchev–Trinajstić information content (AvgIpc) is 2.72. The van der Waals surface area contributed by atoms with Gasteiger partial charge in [0.2, 0.25) is 5.91 Å². The van der Waals surface area contributed by atoms with Gasteiger partial charge in [-0.15, -0.1) is 12.4 Å². The molecule has 7 heteroatoms. The molecular formula is C21H32ClN3O3. The topological polar surface area (TPSA) is 75.9 Å². The van der Waals surface area contributed by atoms with Crippen LogP contribution in [0.3, 0.4) is 0 Å². The van der Waals surface area contributed by atoms with Crippen molar-refractivity contribution in [3.05, 3.63) is 35.9 Å². The third kappa shape index (κ3) is 5.61. The van der Waals surface area contributed by atoms with Crippen LogP contribution in [0.5, 0.6) is 0 Å². The molecule has 3 rings (SSSR count). The maximum absolute atomic E-state index is 12.9. The molecule has 0 aromatic heterocycles. The van der Waals surface area contributed by atoms with E-state index in [0.717, 1.165) is 18.4 Å². The van der Waals surface area contributed by atoms with Crippen LogP contribution in [0.4, 0.5) is 4.79 Å². The van der Waals surface area contributed by atoms with Crippen molar-refractivity contribution in [1.29, 1.82) is 0 Å². The Balaban J connectivity index is 0.00000280. The van der Waals surface area contributed by atoms with Gasteiger partial charge in [0.05, 0.1) is 6.04 Å². The number of amides is 2. The lowest BCUT2D eigenvalue weighted by atomic mass is 9.83. The third-order valence-corrected chi connectivity index (χ3v) is 5.82. The van der Waals surface area contributed by atoms with Gasteiger partial charge in [-0.3, -0.25) is 4.79 Å². The van der Waals surface area contributed by atoms with Crippen molar-refractivity contribution >= 4 is 24.4 Å². The van der Waals surface area contributed by atoms with E-state index in [1.165, 1.54) is 19.3 Å². The normalized spacial score (nSPS) is 21.6. The first-order valence-corrected chi connectivity index (χ1v) is 10.1. The predicted octanol–water partition coefficient (Wildman–Crippen LogP) is 3.19. The summed E-state index contributed by atoms with van der Waals surface area (Å²) in [5.41, 5.74) is 7.26. The molecule has 1 saturated heterocycles. The first kappa shape index (κ1) is 22.5. The number of hydrogen-bond donors (Lipinski definition) is 1. The van der Waals surface area contributed by atoms with Crippen LogP contribution < -0.4 is 5.73 Å². The van der Waals surface area contributed by atoms with Crippen LogP contribution in [-0.2, 0) is 16.1 Å². The van der Waals surface area contributed by atoms with E-state index in [1.807, 2.05) is 42.2 Å². The molecule has 2 aliphatic rings. The minimum absolute atomic E-state index is 0. The summed E-state index contributed by atoms with van der Waals surface area (Å²) in [6, 6.07) is 9.17. The van der Waals surface area contributed by atoms with Crippen molar-refractivity contribution in [3.8, 4) is 0 Å². The monoisotopic (exact) mass is 409 g/mol. The van der Waals surface area contributed by atoms with Crippen LogP contribution in [0.25, 0.3) is 0 Å². The summed E-state index contributed by atoms with van der Waals surface area (Å²) in [4.78, 5) is 28.7. The fraction of sp³-hybridized carbons (Fsp3) is 0.619. The third-order valence-electron chi connectivity index (χ3n) is 5.82. The van der Waals surface area contributed by atoms with Gasteiger partial charge in [-0.2, -0.15) is 0 Å². The molecule has 1 unspecified atom stereocenters. The molecular weight excluding hydrogens is 378 g/mol. The Hall–Kier alpha value is -1.79. The fourth-order valence-electron chi connectivity index (χ4n) is 4.15. The van der Waals surface area contributed by atoms with Crippen molar-refractivity contribution in [1.82, 2.24) is 9.80 Å². The number of hydrogen-bond acceptors (Lipinski definition) is 4. The summed E-state index contributed by atoms with van der Waals surface area (Å²) in [5.74, 6) is 0.332. The highest BCUT2D eigenvalue weighted by atomic mass is 35.5. The number of ether oxygens (including phenoxy) is 1. The van der Waals surface area contributed by atoms with Crippen molar-refractivity contribution in [2.75, 3.05) is 19.6 Å². The van der Waals surface area contributed by atoms with Gasteiger partial charge in [0.1, 0.15) is 6.61 Å². The molecule has 0 spiro atoms. The number of piperazine rings is 1. The molecule has 1 aromatic rings. The molecule has 1 aliphatic carbocycles. The van der Waals surface area contributed by atoms with Crippen molar-refractivity contribution in [3.63, 3.8) is 0 Å². The number of halogens is 1. The van der Waals surface area contributed by atoms with Gasteiger partial charge in [-0.1, -0.05) is 49.6 Å². The highest BCUT2D eigenvalue weighted by molar-refractivity contribution is 5.85. The molecule has 0 radical (unpaired) electrons. The van der Waals surface area contributed by atoms with E-state index >= 15 is 0 Å². The average molecular weight is 410 g/mol. The zero-order valence-corrected chi connectivity index (χ0v) is 17.4. The molecule has 0 bridgehead atoms. The number of nitrogens with two attached hydrogens (primary N) is 1. The van der Waals surface area contributed by atoms with Crippen LogP contribution in [0.2, 0.25) is 0 Å². The molecule has 2 N–H and O–H groups in total. The molecule has 2 fully saturated rings. The van der Waals surface area contributed by atoms with Crippen LogP contribution in [0.15, 0.2) is 30.3 Å². The lowest BCUT2D eigenvalue weighted by molar-refractivity contribution is -0.138. The summed E-state index contributed by atoms with van der Waals surface area (Å²) < 4.78 is 5.41. The maximum Gasteiger partial charge on any atom is 0.410 e. The highest BCUT2D eigenvalue weighted by Gasteiger charge is 2.35. The van der Waals surface area contributed by atoms with Gasteiger partial charge >= 0.3 is 6.09 Å². The highest BCUT2D eigenvalue weighted by Crippen LogP contribution is 2.27.